The second-order valence-electron chi connectivity index (χ2n) is 3.73. The molecule has 0 saturated heterocycles. The molecule has 0 fully saturated rings. The van der Waals surface area contributed by atoms with Crippen molar-refractivity contribution in [2.75, 3.05) is 5.73 Å². The van der Waals surface area contributed by atoms with Gasteiger partial charge in [-0.1, -0.05) is 34.8 Å². The molecule has 0 spiro atoms. The Morgan fingerprint density at radius 3 is 2.06 bits per heavy atom. The van der Waals surface area contributed by atoms with E-state index in [9.17, 15) is 0 Å². The van der Waals surface area contributed by atoms with Crippen molar-refractivity contribution in [2.45, 2.75) is 13.8 Å². The van der Waals surface area contributed by atoms with Crippen LogP contribution < -0.4 is 5.73 Å². The lowest BCUT2D eigenvalue weighted by atomic mass is 10.3. The third-order valence-electron chi connectivity index (χ3n) is 2.60. The number of nitrogen functional groups attached to an aromatic ring is 1. The lowest BCUT2D eigenvalue weighted by Crippen LogP contribution is -2.04. The van der Waals surface area contributed by atoms with Crippen molar-refractivity contribution in [1.82, 2.24) is 9.78 Å². The Hall–Kier alpha value is -0.900. The highest BCUT2D eigenvalue weighted by molar-refractivity contribution is 6.40. The molecular weight excluding hydrogens is 281 g/mol. The van der Waals surface area contributed by atoms with Crippen LogP contribution in [-0.2, 0) is 0 Å². The van der Waals surface area contributed by atoms with E-state index >= 15 is 0 Å². The van der Waals surface area contributed by atoms with Crippen molar-refractivity contribution >= 4 is 40.6 Å². The molecule has 1 aromatic carbocycles. The first-order valence-electron chi connectivity index (χ1n) is 4.88. The van der Waals surface area contributed by atoms with Crippen LogP contribution in [-0.4, -0.2) is 9.78 Å². The number of aromatic nitrogens is 2. The van der Waals surface area contributed by atoms with Gasteiger partial charge in [-0.05, 0) is 26.0 Å². The van der Waals surface area contributed by atoms with E-state index in [0.717, 1.165) is 11.3 Å². The minimum absolute atomic E-state index is 0.414. The number of anilines is 1. The zero-order chi connectivity index (χ0) is 12.7. The van der Waals surface area contributed by atoms with Gasteiger partial charge in [0.25, 0.3) is 0 Å². The number of benzene rings is 1. The molecule has 90 valence electrons. The third-order valence-corrected chi connectivity index (χ3v) is 3.39. The van der Waals surface area contributed by atoms with E-state index < -0.39 is 0 Å². The zero-order valence-corrected chi connectivity index (χ0v) is 11.5. The monoisotopic (exact) mass is 289 g/mol. The van der Waals surface area contributed by atoms with Crippen LogP contribution in [0.4, 0.5) is 5.82 Å². The van der Waals surface area contributed by atoms with Gasteiger partial charge in [0.2, 0.25) is 0 Å². The maximum Gasteiger partial charge on any atom is 0.130 e. The summed E-state index contributed by atoms with van der Waals surface area (Å²) in [6.07, 6.45) is 0. The third kappa shape index (κ3) is 2.10. The number of hydrogen-bond acceptors (Lipinski definition) is 2. The summed E-state index contributed by atoms with van der Waals surface area (Å²) in [5.41, 5.74) is 8.26. The number of aryl methyl sites for hydroxylation is 1. The SMILES string of the molecule is Cc1nn(-c2c(Cl)cc(Cl)cc2Cl)c(N)c1C. The van der Waals surface area contributed by atoms with E-state index in [0.29, 0.717) is 26.6 Å². The first-order valence-corrected chi connectivity index (χ1v) is 6.02. The lowest BCUT2D eigenvalue weighted by molar-refractivity contribution is 0.872. The molecular formula is C11H10Cl3N3. The number of halogens is 3. The number of hydrogen-bond donors (Lipinski definition) is 1. The molecule has 0 amide bonds. The van der Waals surface area contributed by atoms with Gasteiger partial charge in [0, 0.05) is 10.6 Å². The van der Waals surface area contributed by atoms with Crippen LogP contribution in [0.25, 0.3) is 5.69 Å². The first kappa shape index (κ1) is 12.6. The molecule has 0 unspecified atom stereocenters. The summed E-state index contributed by atoms with van der Waals surface area (Å²) in [5, 5.41) is 5.61. The maximum atomic E-state index is 6.12. The van der Waals surface area contributed by atoms with E-state index in [-0.39, 0.29) is 0 Å². The number of nitrogens with two attached hydrogens (primary N) is 1. The van der Waals surface area contributed by atoms with Gasteiger partial charge in [0.1, 0.15) is 11.5 Å². The van der Waals surface area contributed by atoms with Gasteiger partial charge in [-0.15, -0.1) is 0 Å². The molecule has 0 bridgehead atoms. The smallest absolute Gasteiger partial charge is 0.130 e. The van der Waals surface area contributed by atoms with Crippen molar-refractivity contribution in [2.24, 2.45) is 0 Å². The minimum Gasteiger partial charge on any atom is -0.383 e. The minimum atomic E-state index is 0.414. The van der Waals surface area contributed by atoms with E-state index in [1.807, 2.05) is 13.8 Å². The fraction of sp³-hybridized carbons (Fsp3) is 0.182. The molecule has 2 rings (SSSR count). The van der Waals surface area contributed by atoms with E-state index in [2.05, 4.69) is 5.10 Å². The van der Waals surface area contributed by atoms with Crippen LogP contribution in [0.1, 0.15) is 11.3 Å². The molecule has 1 aromatic heterocycles. The zero-order valence-electron chi connectivity index (χ0n) is 9.26. The Balaban J connectivity index is 2.73. The fourth-order valence-electron chi connectivity index (χ4n) is 1.53. The first-order chi connectivity index (χ1) is 7.91. The number of nitrogens with zero attached hydrogens (tertiary/aromatic N) is 2. The maximum absolute atomic E-state index is 6.12. The van der Waals surface area contributed by atoms with Gasteiger partial charge >= 0.3 is 0 Å². The van der Waals surface area contributed by atoms with E-state index in [1.54, 1.807) is 12.1 Å². The van der Waals surface area contributed by atoms with Gasteiger partial charge < -0.3 is 5.73 Å². The van der Waals surface area contributed by atoms with Gasteiger partial charge in [-0.25, -0.2) is 4.68 Å². The van der Waals surface area contributed by atoms with Gasteiger partial charge in [0.05, 0.1) is 15.7 Å². The predicted octanol–water partition coefficient (Wildman–Crippen LogP) is 4.03. The van der Waals surface area contributed by atoms with Crippen molar-refractivity contribution in [3.8, 4) is 5.69 Å². The van der Waals surface area contributed by atoms with Gasteiger partial charge in [0.15, 0.2) is 0 Å². The standard InChI is InChI=1S/C11H10Cl3N3/c1-5-6(2)16-17(11(5)15)10-8(13)3-7(12)4-9(10)14/h3-4H,15H2,1-2H3. The largest absolute Gasteiger partial charge is 0.383 e. The van der Waals surface area contributed by atoms with E-state index in [4.69, 9.17) is 40.5 Å². The van der Waals surface area contributed by atoms with Crippen molar-refractivity contribution < 1.29 is 0 Å². The molecule has 2 aromatic rings. The van der Waals surface area contributed by atoms with Crippen molar-refractivity contribution in [3.05, 3.63) is 38.5 Å². The molecule has 3 nitrogen and oxygen atoms in total. The summed E-state index contributed by atoms with van der Waals surface area (Å²) in [5.74, 6) is 0.522. The fourth-order valence-corrected chi connectivity index (χ4v) is 2.51. The van der Waals surface area contributed by atoms with Crippen LogP contribution in [0.2, 0.25) is 15.1 Å². The summed E-state index contributed by atoms with van der Waals surface area (Å²) < 4.78 is 1.53. The highest BCUT2D eigenvalue weighted by Gasteiger charge is 2.16. The average molecular weight is 291 g/mol. The molecule has 0 aliphatic carbocycles. The van der Waals surface area contributed by atoms with Crippen LogP contribution in [0.3, 0.4) is 0 Å². The molecule has 17 heavy (non-hydrogen) atoms. The second kappa shape index (κ2) is 4.41. The lowest BCUT2D eigenvalue weighted by Gasteiger charge is -2.09. The molecule has 1 heterocycles. The summed E-state index contributed by atoms with van der Waals surface area (Å²) in [6, 6.07) is 3.21. The molecule has 6 heteroatoms. The normalized spacial score (nSPS) is 10.9. The summed E-state index contributed by atoms with van der Waals surface area (Å²) in [7, 11) is 0. The van der Waals surface area contributed by atoms with Crippen LogP contribution >= 0.6 is 34.8 Å². The van der Waals surface area contributed by atoms with E-state index in [1.165, 1.54) is 4.68 Å². The van der Waals surface area contributed by atoms with Crippen LogP contribution in [0, 0.1) is 13.8 Å². The molecule has 0 aliphatic heterocycles. The molecule has 0 atom stereocenters. The summed E-state index contributed by atoms with van der Waals surface area (Å²) in [6.45, 7) is 3.77. The Bertz CT molecular complexity index is 567. The Labute approximate surface area is 114 Å². The summed E-state index contributed by atoms with van der Waals surface area (Å²) in [4.78, 5) is 0. The second-order valence-corrected chi connectivity index (χ2v) is 4.98. The Kier molecular flexibility index (Phi) is 3.25. The highest BCUT2D eigenvalue weighted by Crippen LogP contribution is 2.34. The van der Waals surface area contributed by atoms with Crippen molar-refractivity contribution in [1.29, 1.82) is 0 Å². The quantitative estimate of drug-likeness (QED) is 0.861. The number of rotatable bonds is 1. The molecule has 2 N–H and O–H groups in total. The van der Waals surface area contributed by atoms with Gasteiger partial charge in [-0.2, -0.15) is 5.10 Å². The van der Waals surface area contributed by atoms with Crippen molar-refractivity contribution in [3.63, 3.8) is 0 Å². The summed E-state index contributed by atoms with van der Waals surface area (Å²) >= 11 is 18.1. The predicted molar refractivity (Wildman–Crippen MR) is 72.5 cm³/mol. The molecule has 0 saturated carbocycles. The van der Waals surface area contributed by atoms with Gasteiger partial charge in [-0.3, -0.25) is 0 Å². The van der Waals surface area contributed by atoms with Crippen LogP contribution in [0.15, 0.2) is 12.1 Å². The van der Waals surface area contributed by atoms with Crippen LogP contribution in [0.5, 0.6) is 0 Å². The Morgan fingerprint density at radius 2 is 1.65 bits per heavy atom. The molecule has 0 radical (unpaired) electrons. The molecule has 0 aliphatic rings. The Morgan fingerprint density at radius 1 is 1.12 bits per heavy atom. The topological polar surface area (TPSA) is 43.8 Å². The average Bonchev–Trinajstić information content (AvgIpc) is 2.45. The highest BCUT2D eigenvalue weighted by atomic mass is 35.5.